The Bertz CT molecular complexity index is 266. The number of esters is 1. The van der Waals surface area contributed by atoms with Crippen LogP contribution < -0.4 is 0 Å². The van der Waals surface area contributed by atoms with Crippen LogP contribution in [-0.2, 0) is 9.53 Å². The third-order valence-electron chi connectivity index (χ3n) is 4.62. The van der Waals surface area contributed by atoms with Crippen molar-refractivity contribution in [3.05, 3.63) is 0 Å². The molecule has 0 fully saturated rings. The minimum atomic E-state index is -0.490. The molecule has 3 nitrogen and oxygen atoms in total. The molecule has 1 N–H and O–H groups in total. The fourth-order valence-corrected chi connectivity index (χ4v) is 3.05. The Morgan fingerprint density at radius 3 is 1.50 bits per heavy atom. The molecule has 1 atom stereocenters. The van der Waals surface area contributed by atoms with Crippen molar-refractivity contribution in [1.29, 1.82) is 0 Å². The lowest BCUT2D eigenvalue weighted by molar-refractivity contribution is -0.144. The molecule has 0 aliphatic rings. The molecule has 144 valence electrons. The molecule has 24 heavy (non-hydrogen) atoms. The summed E-state index contributed by atoms with van der Waals surface area (Å²) in [6.07, 6.45) is 20.5. The lowest BCUT2D eigenvalue weighted by Gasteiger charge is -2.10. The van der Waals surface area contributed by atoms with Crippen LogP contribution in [0.5, 0.6) is 0 Å². The summed E-state index contributed by atoms with van der Waals surface area (Å²) in [7, 11) is 0. The van der Waals surface area contributed by atoms with Crippen molar-refractivity contribution in [2.24, 2.45) is 0 Å². The van der Waals surface area contributed by atoms with Gasteiger partial charge >= 0.3 is 5.97 Å². The van der Waals surface area contributed by atoms with Crippen LogP contribution in [0.3, 0.4) is 0 Å². The fraction of sp³-hybridized carbons (Fsp3) is 0.952. The van der Waals surface area contributed by atoms with Crippen LogP contribution in [0.15, 0.2) is 0 Å². The molecule has 0 amide bonds. The number of carbonyl (C=O) groups excluding carboxylic acids is 1. The van der Waals surface area contributed by atoms with E-state index in [4.69, 9.17) is 4.74 Å². The molecule has 0 saturated carbocycles. The van der Waals surface area contributed by atoms with E-state index < -0.39 is 6.10 Å². The number of aliphatic hydroxyl groups is 1. The molecule has 3 heteroatoms. The van der Waals surface area contributed by atoms with Crippen molar-refractivity contribution in [2.45, 2.75) is 123 Å². The van der Waals surface area contributed by atoms with E-state index in [1.807, 2.05) is 0 Å². The van der Waals surface area contributed by atoms with Crippen molar-refractivity contribution >= 4 is 5.97 Å². The van der Waals surface area contributed by atoms with Crippen LogP contribution in [-0.4, -0.2) is 23.8 Å². The molecular formula is C21H42O3. The lowest BCUT2D eigenvalue weighted by atomic mass is 10.0. The molecule has 0 aliphatic heterocycles. The summed E-state index contributed by atoms with van der Waals surface area (Å²) in [4.78, 5) is 10.6. The summed E-state index contributed by atoms with van der Waals surface area (Å²) in [5.74, 6) is -0.314. The molecule has 0 rings (SSSR count). The van der Waals surface area contributed by atoms with Crippen LogP contribution in [0.25, 0.3) is 0 Å². The first-order valence-corrected chi connectivity index (χ1v) is 10.5. The predicted molar refractivity (Wildman–Crippen MR) is 102 cm³/mol. The van der Waals surface area contributed by atoms with Crippen molar-refractivity contribution in [1.82, 2.24) is 0 Å². The van der Waals surface area contributed by atoms with Crippen LogP contribution in [0.1, 0.15) is 117 Å². The second-order valence-corrected chi connectivity index (χ2v) is 7.19. The first kappa shape index (κ1) is 23.4. The second-order valence-electron chi connectivity index (χ2n) is 7.19. The van der Waals surface area contributed by atoms with Gasteiger partial charge < -0.3 is 9.84 Å². The maximum atomic E-state index is 10.6. The highest BCUT2D eigenvalue weighted by molar-refractivity contribution is 5.65. The number of rotatable bonds is 18. The molecule has 0 spiro atoms. The molecule has 0 aliphatic carbocycles. The quantitative estimate of drug-likeness (QED) is 0.239. The van der Waals surface area contributed by atoms with E-state index in [1.165, 1.54) is 96.8 Å². The normalized spacial score (nSPS) is 12.3. The smallest absolute Gasteiger partial charge is 0.302 e. The van der Waals surface area contributed by atoms with E-state index in [-0.39, 0.29) is 12.6 Å². The maximum absolute atomic E-state index is 10.6. The van der Waals surface area contributed by atoms with Crippen molar-refractivity contribution < 1.29 is 14.6 Å². The number of unbranched alkanes of at least 4 members (excludes halogenated alkanes) is 14. The van der Waals surface area contributed by atoms with Crippen LogP contribution in [0.4, 0.5) is 0 Å². The molecule has 0 saturated heterocycles. The first-order valence-electron chi connectivity index (χ1n) is 10.5. The Labute approximate surface area is 150 Å². The van der Waals surface area contributed by atoms with E-state index in [0.717, 1.165) is 12.8 Å². The zero-order chi connectivity index (χ0) is 17.9. The molecule has 0 heterocycles. The number of aliphatic hydroxyl groups excluding tert-OH is 1. The van der Waals surface area contributed by atoms with E-state index in [1.54, 1.807) is 0 Å². The topological polar surface area (TPSA) is 46.5 Å². The summed E-state index contributed by atoms with van der Waals surface area (Å²) in [5, 5.41) is 9.62. The van der Waals surface area contributed by atoms with Gasteiger partial charge in [-0.2, -0.15) is 0 Å². The van der Waals surface area contributed by atoms with Gasteiger partial charge in [0.25, 0.3) is 0 Å². The lowest BCUT2D eigenvalue weighted by Crippen LogP contribution is -2.17. The zero-order valence-corrected chi connectivity index (χ0v) is 16.4. The zero-order valence-electron chi connectivity index (χ0n) is 16.4. The largest absolute Gasteiger partial charge is 0.463 e. The second kappa shape index (κ2) is 18.8. The Kier molecular flexibility index (Phi) is 18.3. The summed E-state index contributed by atoms with van der Waals surface area (Å²) >= 11 is 0. The Morgan fingerprint density at radius 1 is 0.750 bits per heavy atom. The Hall–Kier alpha value is -0.570. The SMILES string of the molecule is CCCCCCCCCCCCCCCCCC(O)COC(C)=O. The van der Waals surface area contributed by atoms with Gasteiger partial charge in [0.1, 0.15) is 6.61 Å². The molecular weight excluding hydrogens is 300 g/mol. The van der Waals surface area contributed by atoms with Crippen molar-refractivity contribution in [3.63, 3.8) is 0 Å². The monoisotopic (exact) mass is 342 g/mol. The fourth-order valence-electron chi connectivity index (χ4n) is 3.05. The van der Waals surface area contributed by atoms with Gasteiger partial charge in [-0.25, -0.2) is 0 Å². The highest BCUT2D eigenvalue weighted by atomic mass is 16.5. The standard InChI is InChI=1S/C21H42O3/c1-3-4-5-6-7-8-9-10-11-12-13-14-15-16-17-18-21(23)19-24-20(2)22/h21,23H,3-19H2,1-2H3. The molecule has 0 aromatic rings. The number of ether oxygens (including phenoxy) is 1. The summed E-state index contributed by atoms with van der Waals surface area (Å²) in [6.45, 7) is 3.80. The number of carbonyl (C=O) groups is 1. The van der Waals surface area contributed by atoms with E-state index in [9.17, 15) is 9.90 Å². The highest BCUT2D eigenvalue weighted by Gasteiger charge is 2.05. The van der Waals surface area contributed by atoms with Gasteiger partial charge in [0.05, 0.1) is 6.10 Å². The van der Waals surface area contributed by atoms with Crippen LogP contribution >= 0.6 is 0 Å². The Morgan fingerprint density at radius 2 is 1.12 bits per heavy atom. The van der Waals surface area contributed by atoms with Crippen molar-refractivity contribution in [3.8, 4) is 0 Å². The molecule has 0 aromatic carbocycles. The van der Waals surface area contributed by atoms with Crippen LogP contribution in [0, 0.1) is 0 Å². The minimum Gasteiger partial charge on any atom is -0.463 e. The predicted octanol–water partition coefficient (Wildman–Crippen LogP) is 6.17. The van der Waals surface area contributed by atoms with Gasteiger partial charge in [0, 0.05) is 6.92 Å². The minimum absolute atomic E-state index is 0.147. The summed E-state index contributed by atoms with van der Waals surface area (Å²) in [6, 6.07) is 0. The summed E-state index contributed by atoms with van der Waals surface area (Å²) < 4.78 is 4.79. The van der Waals surface area contributed by atoms with Crippen molar-refractivity contribution in [2.75, 3.05) is 6.61 Å². The third kappa shape index (κ3) is 19.5. The molecule has 0 bridgehead atoms. The summed E-state index contributed by atoms with van der Waals surface area (Å²) in [5.41, 5.74) is 0. The average molecular weight is 343 g/mol. The number of hydrogen-bond acceptors (Lipinski definition) is 3. The van der Waals surface area contributed by atoms with Crippen LogP contribution in [0.2, 0.25) is 0 Å². The van der Waals surface area contributed by atoms with E-state index in [2.05, 4.69) is 6.92 Å². The van der Waals surface area contributed by atoms with Gasteiger partial charge in [0.15, 0.2) is 0 Å². The molecule has 0 aromatic heterocycles. The molecule has 0 radical (unpaired) electrons. The van der Waals surface area contributed by atoms with Gasteiger partial charge in [0.2, 0.25) is 0 Å². The molecule has 1 unspecified atom stereocenters. The number of hydrogen-bond donors (Lipinski definition) is 1. The van der Waals surface area contributed by atoms with E-state index in [0.29, 0.717) is 0 Å². The van der Waals surface area contributed by atoms with Gasteiger partial charge in [-0.15, -0.1) is 0 Å². The maximum Gasteiger partial charge on any atom is 0.302 e. The Balaban J connectivity index is 3.08. The van der Waals surface area contributed by atoms with Gasteiger partial charge in [-0.1, -0.05) is 103 Å². The van der Waals surface area contributed by atoms with Gasteiger partial charge in [-0.05, 0) is 6.42 Å². The third-order valence-corrected chi connectivity index (χ3v) is 4.62. The highest BCUT2D eigenvalue weighted by Crippen LogP contribution is 2.14. The van der Waals surface area contributed by atoms with Gasteiger partial charge in [-0.3, -0.25) is 4.79 Å². The average Bonchev–Trinajstić information content (AvgIpc) is 2.56. The van der Waals surface area contributed by atoms with E-state index >= 15 is 0 Å². The first-order chi connectivity index (χ1) is 11.7.